The molecule has 0 atom stereocenters. The molecule has 1 amide bonds. The molecule has 0 aliphatic rings. The number of aromatic nitrogens is 2. The number of hydrogen-bond donors (Lipinski definition) is 1. The molecule has 0 spiro atoms. The minimum absolute atomic E-state index is 0.269. The molecule has 1 N–H and O–H groups in total. The Kier molecular flexibility index (Phi) is 5.35. The van der Waals surface area contributed by atoms with Gasteiger partial charge in [0.05, 0.1) is 6.26 Å². The van der Waals surface area contributed by atoms with Crippen LogP contribution in [0.1, 0.15) is 20.9 Å². The lowest BCUT2D eigenvalue weighted by Crippen LogP contribution is -2.23. The lowest BCUT2D eigenvalue weighted by Gasteiger charge is -2.08. The number of ether oxygens (including phenoxy) is 1. The van der Waals surface area contributed by atoms with Crippen LogP contribution in [0.2, 0.25) is 0 Å². The predicted molar refractivity (Wildman–Crippen MR) is 106 cm³/mol. The lowest BCUT2D eigenvalue weighted by molar-refractivity contribution is 0.0946. The average Bonchev–Trinajstić information content (AvgIpc) is 3.38. The zero-order valence-electron chi connectivity index (χ0n) is 15.4. The van der Waals surface area contributed by atoms with Crippen LogP contribution in [0.5, 0.6) is 11.6 Å². The maximum Gasteiger partial charge on any atom is 0.271 e. The van der Waals surface area contributed by atoms with Crippen molar-refractivity contribution >= 4 is 17.2 Å². The Morgan fingerprint density at radius 3 is 2.83 bits per heavy atom. The highest BCUT2D eigenvalue weighted by Gasteiger charge is 2.17. The third kappa shape index (κ3) is 4.49. The number of rotatable bonds is 6. The maximum absolute atomic E-state index is 13.0. The summed E-state index contributed by atoms with van der Waals surface area (Å²) in [4.78, 5) is 21.9. The first-order chi connectivity index (χ1) is 14.1. The van der Waals surface area contributed by atoms with Crippen LogP contribution in [-0.2, 0) is 6.54 Å². The first kappa shape index (κ1) is 18.8. The number of halogens is 1. The van der Waals surface area contributed by atoms with Gasteiger partial charge in [-0.1, -0.05) is 0 Å². The van der Waals surface area contributed by atoms with Crippen molar-refractivity contribution in [3.63, 3.8) is 0 Å². The van der Waals surface area contributed by atoms with Crippen LogP contribution in [0.15, 0.2) is 65.4 Å². The second-order valence-corrected chi connectivity index (χ2v) is 7.35. The van der Waals surface area contributed by atoms with E-state index in [0.29, 0.717) is 28.1 Å². The average molecular weight is 409 g/mol. The molecular formula is C21H16FN3O3S. The highest BCUT2D eigenvalue weighted by atomic mass is 32.1. The summed E-state index contributed by atoms with van der Waals surface area (Å²) in [6.45, 7) is 2.13. The van der Waals surface area contributed by atoms with Gasteiger partial charge in [-0.25, -0.2) is 14.4 Å². The number of thiazole rings is 1. The van der Waals surface area contributed by atoms with Crippen LogP contribution in [0, 0.1) is 12.7 Å². The fraction of sp³-hybridized carbons (Fsp3) is 0.0952. The van der Waals surface area contributed by atoms with E-state index in [-0.39, 0.29) is 18.3 Å². The molecule has 29 heavy (non-hydrogen) atoms. The first-order valence-corrected chi connectivity index (χ1v) is 9.58. The minimum Gasteiger partial charge on any atom is -0.462 e. The SMILES string of the molecule is Cc1sc(-c2ccco2)nc1C(=O)NCc1ccnc(Oc2ccc(F)cc2)c1. The van der Waals surface area contributed by atoms with Crippen molar-refractivity contribution in [2.45, 2.75) is 13.5 Å². The van der Waals surface area contributed by atoms with E-state index in [2.05, 4.69) is 15.3 Å². The van der Waals surface area contributed by atoms with Gasteiger partial charge >= 0.3 is 0 Å². The highest BCUT2D eigenvalue weighted by Crippen LogP contribution is 2.28. The molecule has 1 aromatic carbocycles. The molecule has 0 bridgehead atoms. The number of nitrogens with zero attached hydrogens (tertiary/aromatic N) is 2. The number of pyridine rings is 1. The van der Waals surface area contributed by atoms with E-state index >= 15 is 0 Å². The Morgan fingerprint density at radius 1 is 1.24 bits per heavy atom. The fourth-order valence-electron chi connectivity index (χ4n) is 2.62. The van der Waals surface area contributed by atoms with Gasteiger partial charge in [-0.3, -0.25) is 4.79 Å². The molecule has 3 aromatic heterocycles. The second-order valence-electron chi connectivity index (χ2n) is 6.14. The molecule has 0 radical (unpaired) electrons. The van der Waals surface area contributed by atoms with E-state index in [1.165, 1.54) is 35.6 Å². The molecular weight excluding hydrogens is 393 g/mol. The monoisotopic (exact) mass is 409 g/mol. The molecule has 0 aliphatic heterocycles. The number of benzene rings is 1. The van der Waals surface area contributed by atoms with Crippen LogP contribution in [0.4, 0.5) is 4.39 Å². The Balaban J connectivity index is 1.41. The highest BCUT2D eigenvalue weighted by molar-refractivity contribution is 7.15. The smallest absolute Gasteiger partial charge is 0.271 e. The first-order valence-electron chi connectivity index (χ1n) is 8.76. The number of furan rings is 1. The Morgan fingerprint density at radius 2 is 2.07 bits per heavy atom. The van der Waals surface area contributed by atoms with Crippen LogP contribution in [-0.4, -0.2) is 15.9 Å². The number of carbonyl (C=O) groups excluding carboxylic acids is 1. The summed E-state index contributed by atoms with van der Waals surface area (Å²) < 4.78 is 24.0. The van der Waals surface area contributed by atoms with Gasteiger partial charge in [0.25, 0.3) is 5.91 Å². The quantitative estimate of drug-likeness (QED) is 0.487. The van der Waals surface area contributed by atoms with Gasteiger partial charge in [0.2, 0.25) is 5.88 Å². The number of amides is 1. The van der Waals surface area contributed by atoms with Crippen molar-refractivity contribution < 1.29 is 18.3 Å². The van der Waals surface area contributed by atoms with Crippen molar-refractivity contribution in [2.24, 2.45) is 0 Å². The van der Waals surface area contributed by atoms with Crippen LogP contribution in [0.3, 0.4) is 0 Å². The van der Waals surface area contributed by atoms with Gasteiger partial charge in [0.1, 0.15) is 17.3 Å². The van der Waals surface area contributed by atoms with Gasteiger partial charge in [-0.15, -0.1) is 11.3 Å². The van der Waals surface area contributed by atoms with Crippen molar-refractivity contribution in [1.29, 1.82) is 0 Å². The summed E-state index contributed by atoms with van der Waals surface area (Å²) in [5.41, 5.74) is 1.18. The molecule has 4 rings (SSSR count). The van der Waals surface area contributed by atoms with E-state index in [9.17, 15) is 9.18 Å². The molecule has 3 heterocycles. The maximum atomic E-state index is 13.0. The van der Waals surface area contributed by atoms with E-state index < -0.39 is 0 Å². The standard InChI is InChI=1S/C21H16FN3O3S/c1-13-19(25-21(29-13)17-3-2-10-27-17)20(26)24-12-14-8-9-23-18(11-14)28-16-6-4-15(22)5-7-16/h2-11H,12H2,1H3,(H,24,26). The molecule has 6 nitrogen and oxygen atoms in total. The molecule has 0 fully saturated rings. The van der Waals surface area contributed by atoms with E-state index in [1.807, 2.05) is 6.92 Å². The van der Waals surface area contributed by atoms with Crippen LogP contribution >= 0.6 is 11.3 Å². The summed E-state index contributed by atoms with van der Waals surface area (Å²) >= 11 is 1.40. The number of carbonyl (C=O) groups is 1. The molecule has 8 heteroatoms. The zero-order valence-corrected chi connectivity index (χ0v) is 16.2. The molecule has 0 unspecified atom stereocenters. The number of aryl methyl sites for hydroxylation is 1. The van der Waals surface area contributed by atoms with Crippen molar-refractivity contribution in [3.05, 3.63) is 82.9 Å². The normalized spacial score (nSPS) is 10.7. The summed E-state index contributed by atoms with van der Waals surface area (Å²) in [6.07, 6.45) is 3.16. The van der Waals surface area contributed by atoms with Crippen molar-refractivity contribution in [3.8, 4) is 22.4 Å². The van der Waals surface area contributed by atoms with E-state index in [4.69, 9.17) is 9.15 Å². The Hall–Kier alpha value is -3.52. The van der Waals surface area contributed by atoms with Crippen molar-refractivity contribution in [1.82, 2.24) is 15.3 Å². The number of hydrogen-bond acceptors (Lipinski definition) is 6. The second kappa shape index (κ2) is 8.24. The van der Waals surface area contributed by atoms with E-state index in [1.54, 1.807) is 36.7 Å². The Labute approximate surface area is 170 Å². The van der Waals surface area contributed by atoms with Crippen LogP contribution < -0.4 is 10.1 Å². The van der Waals surface area contributed by atoms with Gasteiger partial charge < -0.3 is 14.5 Å². The summed E-state index contributed by atoms with van der Waals surface area (Å²) in [6, 6.07) is 12.7. The third-order valence-electron chi connectivity index (χ3n) is 4.03. The third-order valence-corrected chi connectivity index (χ3v) is 5.02. The van der Waals surface area contributed by atoms with Gasteiger partial charge in [-0.05, 0) is 55.0 Å². The predicted octanol–water partition coefficient (Wildman–Crippen LogP) is 4.97. The summed E-state index contributed by atoms with van der Waals surface area (Å²) in [5, 5.41) is 3.52. The molecule has 0 aliphatic carbocycles. The zero-order chi connectivity index (χ0) is 20.2. The largest absolute Gasteiger partial charge is 0.462 e. The van der Waals surface area contributed by atoms with Crippen LogP contribution in [0.25, 0.3) is 10.8 Å². The van der Waals surface area contributed by atoms with Gasteiger partial charge in [-0.2, -0.15) is 0 Å². The van der Waals surface area contributed by atoms with Gasteiger partial charge in [0, 0.05) is 23.7 Å². The molecule has 0 saturated heterocycles. The summed E-state index contributed by atoms with van der Waals surface area (Å²) in [7, 11) is 0. The Bertz CT molecular complexity index is 1120. The molecule has 4 aromatic rings. The van der Waals surface area contributed by atoms with Gasteiger partial charge in [0.15, 0.2) is 10.8 Å². The molecule has 0 saturated carbocycles. The topological polar surface area (TPSA) is 77.3 Å². The van der Waals surface area contributed by atoms with E-state index in [0.717, 1.165) is 10.4 Å². The fourth-order valence-corrected chi connectivity index (χ4v) is 3.50. The van der Waals surface area contributed by atoms with Crippen molar-refractivity contribution in [2.75, 3.05) is 0 Å². The minimum atomic E-state index is -0.339. The lowest BCUT2D eigenvalue weighted by atomic mass is 10.2. The molecule has 146 valence electrons. The number of nitrogens with one attached hydrogen (secondary N) is 1. The summed E-state index contributed by atoms with van der Waals surface area (Å²) in [5.74, 6) is 0.856.